The Morgan fingerprint density at radius 1 is 1.30 bits per heavy atom. The van der Waals surface area contributed by atoms with Crippen LogP contribution in [0.2, 0.25) is 0 Å². The van der Waals surface area contributed by atoms with E-state index in [1.165, 1.54) is 0 Å². The van der Waals surface area contributed by atoms with Crippen LogP contribution in [0, 0.1) is 0 Å². The molecular weight excluding hydrogens is 344 g/mol. The van der Waals surface area contributed by atoms with Crippen molar-refractivity contribution in [2.45, 2.75) is 13.0 Å². The van der Waals surface area contributed by atoms with E-state index >= 15 is 0 Å². The van der Waals surface area contributed by atoms with Gasteiger partial charge in [-0.2, -0.15) is 10.2 Å². The first-order valence-corrected chi connectivity index (χ1v) is 8.93. The number of anilines is 1. The molecule has 0 radical (unpaired) electrons. The van der Waals surface area contributed by atoms with E-state index in [9.17, 15) is 0 Å². The summed E-state index contributed by atoms with van der Waals surface area (Å²) in [7, 11) is 1.93. The van der Waals surface area contributed by atoms with Crippen molar-refractivity contribution in [3.8, 4) is 22.6 Å². The predicted molar refractivity (Wildman–Crippen MR) is 101 cm³/mol. The summed E-state index contributed by atoms with van der Waals surface area (Å²) in [6.45, 7) is 4.35. The van der Waals surface area contributed by atoms with Crippen LogP contribution in [0.25, 0.3) is 33.7 Å². The molecule has 4 aromatic heterocycles. The zero-order valence-electron chi connectivity index (χ0n) is 15.2. The molecule has 0 saturated carbocycles. The maximum atomic E-state index is 5.59. The van der Waals surface area contributed by atoms with E-state index in [-0.39, 0.29) is 6.04 Å². The number of aromatic nitrogens is 7. The molecule has 0 spiro atoms. The topological polar surface area (TPSA) is 101 Å². The van der Waals surface area contributed by atoms with Crippen LogP contribution in [0.4, 0.5) is 5.82 Å². The SMILES string of the molecule is C[C@@H]1COCCN1c1cc(-c2ccnn2C)c2n[nH]c(-c3cnc[nH]3)c2n1. The standard InChI is InChI=1S/C18H20N8O/c1-11-9-27-6-5-26(11)15-7-12(14-3-4-21-25(14)2)16-18(22-15)17(24-23-16)13-8-19-10-20-13/h3-4,7-8,10-11H,5-6,9H2,1-2H3,(H,19,20)(H,23,24)/t11-/m1/s1. The number of H-pyrrole nitrogens is 2. The zero-order chi connectivity index (χ0) is 18.4. The van der Waals surface area contributed by atoms with Crippen molar-refractivity contribution in [1.82, 2.24) is 34.9 Å². The number of imidazole rings is 1. The minimum atomic E-state index is 0.255. The summed E-state index contributed by atoms with van der Waals surface area (Å²) in [4.78, 5) is 14.5. The molecule has 0 bridgehead atoms. The van der Waals surface area contributed by atoms with Crippen LogP contribution in [0.1, 0.15) is 6.92 Å². The average molecular weight is 364 g/mol. The smallest absolute Gasteiger partial charge is 0.130 e. The minimum Gasteiger partial charge on any atom is -0.377 e. The van der Waals surface area contributed by atoms with Crippen LogP contribution in [0.15, 0.2) is 30.9 Å². The van der Waals surface area contributed by atoms with Gasteiger partial charge in [0.1, 0.15) is 22.5 Å². The molecule has 0 aliphatic carbocycles. The van der Waals surface area contributed by atoms with Crippen molar-refractivity contribution in [3.05, 3.63) is 30.9 Å². The summed E-state index contributed by atoms with van der Waals surface area (Å²) < 4.78 is 7.45. The molecule has 9 heteroatoms. The Kier molecular flexibility index (Phi) is 3.68. The summed E-state index contributed by atoms with van der Waals surface area (Å²) in [6, 6.07) is 4.34. The molecule has 2 N–H and O–H groups in total. The Bertz CT molecular complexity index is 1080. The van der Waals surface area contributed by atoms with Crippen molar-refractivity contribution in [1.29, 1.82) is 0 Å². The Hall–Kier alpha value is -3.20. The third-order valence-corrected chi connectivity index (χ3v) is 5.02. The summed E-state index contributed by atoms with van der Waals surface area (Å²) >= 11 is 0. The van der Waals surface area contributed by atoms with Gasteiger partial charge in [0.15, 0.2) is 0 Å². The Labute approximate surface area is 155 Å². The van der Waals surface area contributed by atoms with Crippen molar-refractivity contribution >= 4 is 16.9 Å². The van der Waals surface area contributed by atoms with Crippen LogP contribution < -0.4 is 4.90 Å². The van der Waals surface area contributed by atoms with Crippen molar-refractivity contribution in [3.63, 3.8) is 0 Å². The third-order valence-electron chi connectivity index (χ3n) is 5.02. The van der Waals surface area contributed by atoms with E-state index in [1.54, 1.807) is 18.7 Å². The highest BCUT2D eigenvalue weighted by molar-refractivity contribution is 5.99. The van der Waals surface area contributed by atoms with Crippen LogP contribution in [-0.2, 0) is 11.8 Å². The van der Waals surface area contributed by atoms with Gasteiger partial charge in [0.2, 0.25) is 0 Å². The molecular formula is C18H20N8O. The van der Waals surface area contributed by atoms with Gasteiger partial charge in [0, 0.05) is 25.4 Å². The lowest BCUT2D eigenvalue weighted by molar-refractivity contribution is 0.0986. The summed E-state index contributed by atoms with van der Waals surface area (Å²) in [5.41, 5.74) is 5.30. The number of fused-ring (bicyclic) bond motifs is 1. The number of morpholine rings is 1. The molecule has 5 heterocycles. The molecule has 0 unspecified atom stereocenters. The predicted octanol–water partition coefficient (Wildman–Crippen LogP) is 1.97. The monoisotopic (exact) mass is 364 g/mol. The van der Waals surface area contributed by atoms with E-state index in [1.807, 2.05) is 17.8 Å². The van der Waals surface area contributed by atoms with Crippen molar-refractivity contribution in [2.24, 2.45) is 7.05 Å². The lowest BCUT2D eigenvalue weighted by atomic mass is 10.1. The van der Waals surface area contributed by atoms with E-state index in [0.717, 1.165) is 46.0 Å². The van der Waals surface area contributed by atoms with Gasteiger partial charge < -0.3 is 14.6 Å². The van der Waals surface area contributed by atoms with Gasteiger partial charge in [0.25, 0.3) is 0 Å². The van der Waals surface area contributed by atoms with Crippen molar-refractivity contribution < 1.29 is 4.74 Å². The number of hydrogen-bond donors (Lipinski definition) is 2. The van der Waals surface area contributed by atoms with Gasteiger partial charge in [-0.1, -0.05) is 0 Å². The van der Waals surface area contributed by atoms with E-state index < -0.39 is 0 Å². The molecule has 4 aromatic rings. The normalized spacial score (nSPS) is 17.7. The van der Waals surface area contributed by atoms with Crippen LogP contribution in [0.5, 0.6) is 0 Å². The molecule has 5 rings (SSSR count). The quantitative estimate of drug-likeness (QED) is 0.576. The largest absolute Gasteiger partial charge is 0.377 e. The van der Waals surface area contributed by atoms with Gasteiger partial charge in [-0.15, -0.1) is 0 Å². The number of rotatable bonds is 3. The molecule has 27 heavy (non-hydrogen) atoms. The van der Waals surface area contributed by atoms with Crippen molar-refractivity contribution in [2.75, 3.05) is 24.7 Å². The molecule has 1 aliphatic rings. The van der Waals surface area contributed by atoms with Gasteiger partial charge in [-0.25, -0.2) is 9.97 Å². The Balaban J connectivity index is 1.76. The highest BCUT2D eigenvalue weighted by Crippen LogP contribution is 2.34. The van der Waals surface area contributed by atoms with E-state index in [4.69, 9.17) is 9.72 Å². The fraction of sp³-hybridized carbons (Fsp3) is 0.333. The van der Waals surface area contributed by atoms with Gasteiger partial charge in [-0.3, -0.25) is 9.78 Å². The molecule has 1 fully saturated rings. The summed E-state index contributed by atoms with van der Waals surface area (Å²) in [5, 5.41) is 12.0. The first-order valence-electron chi connectivity index (χ1n) is 8.93. The van der Waals surface area contributed by atoms with Gasteiger partial charge in [0.05, 0.1) is 43.2 Å². The Morgan fingerprint density at radius 3 is 2.96 bits per heavy atom. The number of nitrogens with zero attached hydrogens (tertiary/aromatic N) is 6. The maximum Gasteiger partial charge on any atom is 0.130 e. The maximum absolute atomic E-state index is 5.59. The van der Waals surface area contributed by atoms with E-state index in [0.29, 0.717) is 13.2 Å². The number of ether oxygens (including phenoxy) is 1. The highest BCUT2D eigenvalue weighted by atomic mass is 16.5. The number of aromatic amines is 2. The number of pyridine rings is 1. The fourth-order valence-electron chi connectivity index (χ4n) is 3.61. The minimum absolute atomic E-state index is 0.255. The average Bonchev–Trinajstić information content (AvgIpc) is 3.41. The van der Waals surface area contributed by atoms with Crippen LogP contribution >= 0.6 is 0 Å². The van der Waals surface area contributed by atoms with Gasteiger partial charge >= 0.3 is 0 Å². The second-order valence-electron chi connectivity index (χ2n) is 6.75. The first kappa shape index (κ1) is 16.0. The molecule has 138 valence electrons. The summed E-state index contributed by atoms with van der Waals surface area (Å²) in [6.07, 6.45) is 5.21. The highest BCUT2D eigenvalue weighted by Gasteiger charge is 2.24. The second kappa shape index (κ2) is 6.20. The number of hydrogen-bond acceptors (Lipinski definition) is 6. The summed E-state index contributed by atoms with van der Waals surface area (Å²) in [5.74, 6) is 0.914. The third kappa shape index (κ3) is 2.58. The second-order valence-corrected chi connectivity index (χ2v) is 6.75. The van der Waals surface area contributed by atoms with Crippen LogP contribution in [0.3, 0.4) is 0 Å². The van der Waals surface area contributed by atoms with Gasteiger partial charge in [-0.05, 0) is 19.1 Å². The fourth-order valence-corrected chi connectivity index (χ4v) is 3.61. The number of nitrogens with one attached hydrogen (secondary N) is 2. The molecule has 9 nitrogen and oxygen atoms in total. The number of aryl methyl sites for hydroxylation is 1. The zero-order valence-corrected chi connectivity index (χ0v) is 15.2. The van der Waals surface area contributed by atoms with E-state index in [2.05, 4.69) is 43.2 Å². The lowest BCUT2D eigenvalue weighted by Gasteiger charge is -2.34. The first-order chi connectivity index (χ1) is 13.2. The molecule has 1 saturated heterocycles. The molecule has 1 atom stereocenters. The molecule has 0 amide bonds. The molecule has 0 aromatic carbocycles. The molecule has 1 aliphatic heterocycles. The Morgan fingerprint density at radius 2 is 2.22 bits per heavy atom. The lowest BCUT2D eigenvalue weighted by Crippen LogP contribution is -2.44. The van der Waals surface area contributed by atoms with Crippen LogP contribution in [-0.4, -0.2) is 60.7 Å².